The second kappa shape index (κ2) is 9.76. The number of halogens is 1. The van der Waals surface area contributed by atoms with Gasteiger partial charge >= 0.3 is 0 Å². The zero-order valence-corrected chi connectivity index (χ0v) is 19.2. The standard InChI is InChI=1S/C20H31N7.HI/c1-16-7-11-26(14-18(16)27-12-9-22-15-27)20(21-2)23-8-6-17-13-25-10-4-3-5-19(25)24-17;/h9,12-13,15-16,18H,3-8,10-11,14H2,1-2H3,(H,21,23);1H. The highest BCUT2D eigenvalue weighted by molar-refractivity contribution is 14.0. The lowest BCUT2D eigenvalue weighted by atomic mass is 9.93. The van der Waals surface area contributed by atoms with Crippen molar-refractivity contribution in [2.24, 2.45) is 10.9 Å². The number of aromatic nitrogens is 4. The molecular weight excluding hydrogens is 465 g/mol. The van der Waals surface area contributed by atoms with Crippen LogP contribution in [0, 0.1) is 5.92 Å². The van der Waals surface area contributed by atoms with E-state index in [0.717, 1.165) is 51.4 Å². The van der Waals surface area contributed by atoms with Crippen LogP contribution < -0.4 is 5.32 Å². The van der Waals surface area contributed by atoms with Gasteiger partial charge in [0.15, 0.2) is 5.96 Å². The van der Waals surface area contributed by atoms with Crippen molar-refractivity contribution < 1.29 is 0 Å². The third kappa shape index (κ3) is 4.69. The van der Waals surface area contributed by atoms with Crippen molar-refractivity contribution in [3.63, 3.8) is 0 Å². The molecule has 0 bridgehead atoms. The number of nitrogens with zero attached hydrogens (tertiary/aromatic N) is 6. The molecule has 0 amide bonds. The van der Waals surface area contributed by atoms with Crippen molar-refractivity contribution in [2.75, 3.05) is 26.7 Å². The fourth-order valence-corrected chi connectivity index (χ4v) is 4.32. The average Bonchev–Trinajstić information content (AvgIpc) is 3.35. The van der Waals surface area contributed by atoms with Gasteiger partial charge in [-0.2, -0.15) is 0 Å². The topological polar surface area (TPSA) is 63.3 Å². The Hall–Kier alpha value is -1.58. The van der Waals surface area contributed by atoms with Crippen molar-refractivity contribution in [3.05, 3.63) is 36.4 Å². The number of rotatable bonds is 4. The molecule has 4 rings (SSSR count). The first-order valence-corrected chi connectivity index (χ1v) is 10.2. The molecule has 1 saturated heterocycles. The summed E-state index contributed by atoms with van der Waals surface area (Å²) in [5.41, 5.74) is 1.19. The highest BCUT2D eigenvalue weighted by atomic mass is 127. The SMILES string of the molecule is CN=C(NCCc1cn2c(n1)CCCC2)N1CCC(C)C(n2ccnc2)C1.I. The van der Waals surface area contributed by atoms with E-state index in [1.807, 2.05) is 19.6 Å². The summed E-state index contributed by atoms with van der Waals surface area (Å²) in [6, 6.07) is 0.444. The summed E-state index contributed by atoms with van der Waals surface area (Å²) >= 11 is 0. The van der Waals surface area contributed by atoms with Gasteiger partial charge in [0, 0.05) is 64.7 Å². The minimum Gasteiger partial charge on any atom is -0.356 e. The molecule has 2 aromatic rings. The predicted molar refractivity (Wildman–Crippen MR) is 122 cm³/mol. The molecule has 0 saturated carbocycles. The van der Waals surface area contributed by atoms with Gasteiger partial charge in [-0.05, 0) is 25.2 Å². The Morgan fingerprint density at radius 1 is 1.32 bits per heavy atom. The Morgan fingerprint density at radius 3 is 2.96 bits per heavy atom. The maximum Gasteiger partial charge on any atom is 0.193 e. The van der Waals surface area contributed by atoms with Gasteiger partial charge in [0.05, 0.1) is 18.1 Å². The molecule has 8 heteroatoms. The van der Waals surface area contributed by atoms with Crippen molar-refractivity contribution in [1.82, 2.24) is 29.3 Å². The summed E-state index contributed by atoms with van der Waals surface area (Å²) in [5.74, 6) is 2.90. The third-order valence-electron chi connectivity index (χ3n) is 5.96. The van der Waals surface area contributed by atoms with Crippen molar-refractivity contribution >= 4 is 29.9 Å². The number of aliphatic imine (C=N–C) groups is 1. The number of fused-ring (bicyclic) bond motifs is 1. The number of piperidine rings is 1. The lowest BCUT2D eigenvalue weighted by Gasteiger charge is -2.39. The van der Waals surface area contributed by atoms with Crippen LogP contribution in [0.5, 0.6) is 0 Å². The van der Waals surface area contributed by atoms with E-state index in [2.05, 4.69) is 48.6 Å². The van der Waals surface area contributed by atoms with Gasteiger partial charge in [0.25, 0.3) is 0 Å². The van der Waals surface area contributed by atoms with Gasteiger partial charge in [-0.1, -0.05) is 6.92 Å². The molecule has 28 heavy (non-hydrogen) atoms. The monoisotopic (exact) mass is 497 g/mol. The molecule has 2 atom stereocenters. The van der Waals surface area contributed by atoms with Crippen LogP contribution in [0.3, 0.4) is 0 Å². The molecule has 2 aliphatic heterocycles. The van der Waals surface area contributed by atoms with Gasteiger partial charge < -0.3 is 19.4 Å². The number of guanidine groups is 1. The zero-order valence-electron chi connectivity index (χ0n) is 16.9. The molecule has 154 valence electrons. The quantitative estimate of drug-likeness (QED) is 0.401. The van der Waals surface area contributed by atoms with Crippen LogP contribution in [-0.4, -0.2) is 56.6 Å². The number of nitrogens with one attached hydrogen (secondary N) is 1. The fraction of sp³-hybridized carbons (Fsp3) is 0.650. The first-order chi connectivity index (χ1) is 13.2. The van der Waals surface area contributed by atoms with Gasteiger partial charge in [0.2, 0.25) is 0 Å². The van der Waals surface area contributed by atoms with Crippen molar-refractivity contribution in [3.8, 4) is 0 Å². The molecule has 0 radical (unpaired) electrons. The number of aryl methyl sites for hydroxylation is 2. The molecule has 2 unspecified atom stereocenters. The number of imidazole rings is 2. The Labute approximate surface area is 184 Å². The van der Waals surface area contributed by atoms with Crippen LogP contribution in [0.25, 0.3) is 0 Å². The summed E-state index contributed by atoms with van der Waals surface area (Å²) in [7, 11) is 1.88. The highest BCUT2D eigenvalue weighted by Gasteiger charge is 2.28. The van der Waals surface area contributed by atoms with Crippen molar-refractivity contribution in [1.29, 1.82) is 0 Å². The number of hydrogen-bond donors (Lipinski definition) is 1. The molecule has 2 aliphatic rings. The summed E-state index contributed by atoms with van der Waals surface area (Å²) in [6.07, 6.45) is 13.9. The van der Waals surface area contributed by atoms with E-state index >= 15 is 0 Å². The normalized spacial score (nSPS) is 22.5. The Balaban J connectivity index is 0.00000225. The van der Waals surface area contributed by atoms with Crippen LogP contribution in [0.2, 0.25) is 0 Å². The highest BCUT2D eigenvalue weighted by Crippen LogP contribution is 2.27. The van der Waals surface area contributed by atoms with E-state index in [1.54, 1.807) is 0 Å². The Bertz CT molecular complexity index is 744. The first-order valence-electron chi connectivity index (χ1n) is 10.2. The molecule has 0 aromatic carbocycles. The van der Waals surface area contributed by atoms with Gasteiger partial charge in [0.1, 0.15) is 5.82 Å². The maximum absolute atomic E-state index is 4.80. The fourth-order valence-electron chi connectivity index (χ4n) is 4.32. The maximum atomic E-state index is 4.80. The van der Waals surface area contributed by atoms with E-state index in [4.69, 9.17) is 4.98 Å². The summed E-state index contributed by atoms with van der Waals surface area (Å²) in [4.78, 5) is 15.9. The summed E-state index contributed by atoms with van der Waals surface area (Å²) < 4.78 is 4.56. The van der Waals surface area contributed by atoms with E-state index in [0.29, 0.717) is 12.0 Å². The Morgan fingerprint density at radius 2 is 2.21 bits per heavy atom. The zero-order chi connectivity index (χ0) is 18.6. The minimum atomic E-state index is 0. The summed E-state index contributed by atoms with van der Waals surface area (Å²) in [6.45, 7) is 6.34. The number of likely N-dealkylation sites (tertiary alicyclic amines) is 1. The molecule has 7 nitrogen and oxygen atoms in total. The molecule has 4 heterocycles. The lowest BCUT2D eigenvalue weighted by Crippen LogP contribution is -2.49. The molecule has 1 fully saturated rings. The van der Waals surface area contributed by atoms with Gasteiger partial charge in [-0.15, -0.1) is 24.0 Å². The molecule has 2 aromatic heterocycles. The van der Waals surface area contributed by atoms with Crippen LogP contribution in [0.4, 0.5) is 0 Å². The Kier molecular flexibility index (Phi) is 7.36. The first kappa shape index (κ1) is 21.1. The van der Waals surface area contributed by atoms with Crippen molar-refractivity contribution in [2.45, 2.75) is 51.6 Å². The second-order valence-electron chi connectivity index (χ2n) is 7.81. The largest absolute Gasteiger partial charge is 0.356 e. The van der Waals surface area contributed by atoms with Crippen LogP contribution in [0.15, 0.2) is 29.9 Å². The number of hydrogen-bond acceptors (Lipinski definition) is 3. The molecule has 0 spiro atoms. The average molecular weight is 497 g/mol. The van der Waals surface area contributed by atoms with Gasteiger partial charge in [-0.25, -0.2) is 9.97 Å². The molecule has 0 aliphatic carbocycles. The van der Waals surface area contributed by atoms with Gasteiger partial charge in [-0.3, -0.25) is 4.99 Å². The van der Waals surface area contributed by atoms with Crippen LogP contribution in [0.1, 0.15) is 43.7 Å². The van der Waals surface area contributed by atoms with Crippen LogP contribution >= 0.6 is 24.0 Å². The summed E-state index contributed by atoms with van der Waals surface area (Å²) in [5, 5.41) is 3.55. The lowest BCUT2D eigenvalue weighted by molar-refractivity contribution is 0.189. The third-order valence-corrected chi connectivity index (χ3v) is 5.96. The van der Waals surface area contributed by atoms with E-state index < -0.39 is 0 Å². The predicted octanol–water partition coefficient (Wildman–Crippen LogP) is 2.73. The van der Waals surface area contributed by atoms with E-state index in [-0.39, 0.29) is 24.0 Å². The molecular formula is C20H32IN7. The minimum absolute atomic E-state index is 0. The second-order valence-corrected chi connectivity index (χ2v) is 7.81. The van der Waals surface area contributed by atoms with E-state index in [1.165, 1.54) is 24.4 Å². The van der Waals surface area contributed by atoms with E-state index in [9.17, 15) is 0 Å². The van der Waals surface area contributed by atoms with Crippen LogP contribution in [-0.2, 0) is 19.4 Å². The molecule has 1 N–H and O–H groups in total. The smallest absolute Gasteiger partial charge is 0.193 e.